The van der Waals surface area contributed by atoms with E-state index in [-0.39, 0.29) is 5.91 Å². The Kier molecular flexibility index (Phi) is 3.94. The topological polar surface area (TPSA) is 59.3 Å². The fourth-order valence-electron chi connectivity index (χ4n) is 1.95. The van der Waals surface area contributed by atoms with Crippen molar-refractivity contribution in [2.45, 2.75) is 4.90 Å². The van der Waals surface area contributed by atoms with Gasteiger partial charge in [0.2, 0.25) is 0 Å². The van der Waals surface area contributed by atoms with Crippen molar-refractivity contribution in [2.75, 3.05) is 11.6 Å². The fraction of sp³-hybridized carbons (Fsp3) is 0.0714. The molecule has 0 unspecified atom stereocenters. The van der Waals surface area contributed by atoms with Crippen molar-refractivity contribution in [1.82, 2.24) is 14.6 Å². The molecule has 0 aliphatic carbocycles. The fourth-order valence-corrected chi connectivity index (χ4v) is 2.80. The Labute approximate surface area is 133 Å². The van der Waals surface area contributed by atoms with Crippen molar-refractivity contribution in [3.8, 4) is 0 Å². The Morgan fingerprint density at radius 3 is 2.95 bits per heavy atom. The van der Waals surface area contributed by atoms with Crippen LogP contribution in [0.3, 0.4) is 0 Å². The number of benzene rings is 1. The number of anilines is 1. The van der Waals surface area contributed by atoms with Crippen molar-refractivity contribution in [1.29, 1.82) is 0 Å². The van der Waals surface area contributed by atoms with Crippen LogP contribution in [-0.2, 0) is 0 Å². The number of halogens is 1. The quantitative estimate of drug-likeness (QED) is 0.724. The minimum atomic E-state index is -0.221. The number of carbonyl (C=O) groups is 1. The summed E-state index contributed by atoms with van der Waals surface area (Å²) in [6.45, 7) is 0. The van der Waals surface area contributed by atoms with Crippen LogP contribution in [0.4, 0.5) is 5.69 Å². The lowest BCUT2D eigenvalue weighted by molar-refractivity contribution is 0.102. The van der Waals surface area contributed by atoms with Gasteiger partial charge in [-0.1, -0.05) is 12.1 Å². The first-order valence-electron chi connectivity index (χ1n) is 6.12. The van der Waals surface area contributed by atoms with E-state index < -0.39 is 0 Å². The molecule has 0 spiro atoms. The van der Waals surface area contributed by atoms with E-state index in [1.165, 1.54) is 6.20 Å². The number of nitrogens with one attached hydrogen (secondary N) is 1. The number of para-hydroxylation sites is 1. The molecule has 2 aromatic heterocycles. The minimum Gasteiger partial charge on any atom is -0.321 e. The summed E-state index contributed by atoms with van der Waals surface area (Å²) in [5, 5.41) is 7.05. The van der Waals surface area contributed by atoms with E-state index in [1.807, 2.05) is 30.5 Å². The van der Waals surface area contributed by atoms with Crippen molar-refractivity contribution in [2.24, 2.45) is 0 Å². The van der Waals surface area contributed by atoms with Crippen molar-refractivity contribution in [3.63, 3.8) is 0 Å². The highest BCUT2D eigenvalue weighted by atomic mass is 79.9. The molecule has 0 aliphatic rings. The van der Waals surface area contributed by atoms with Gasteiger partial charge in [0.05, 0.1) is 16.4 Å². The van der Waals surface area contributed by atoms with Crippen LogP contribution in [0, 0.1) is 0 Å². The molecule has 0 saturated carbocycles. The molecule has 0 fully saturated rings. The van der Waals surface area contributed by atoms with Gasteiger partial charge in [-0.3, -0.25) is 4.79 Å². The summed E-state index contributed by atoms with van der Waals surface area (Å²) in [6.07, 6.45) is 6.89. The Morgan fingerprint density at radius 1 is 1.33 bits per heavy atom. The second kappa shape index (κ2) is 5.87. The van der Waals surface area contributed by atoms with Gasteiger partial charge in [0.25, 0.3) is 5.91 Å². The average molecular weight is 363 g/mol. The van der Waals surface area contributed by atoms with Gasteiger partial charge < -0.3 is 5.32 Å². The number of amides is 1. The zero-order valence-electron chi connectivity index (χ0n) is 11.1. The number of fused-ring (bicyclic) bond motifs is 1. The molecule has 21 heavy (non-hydrogen) atoms. The summed E-state index contributed by atoms with van der Waals surface area (Å²) in [4.78, 5) is 17.7. The maximum absolute atomic E-state index is 12.4. The Bertz CT molecular complexity index is 818. The first-order chi connectivity index (χ1) is 10.2. The first-order valence-corrected chi connectivity index (χ1v) is 8.14. The van der Waals surface area contributed by atoms with Gasteiger partial charge >= 0.3 is 0 Å². The normalized spacial score (nSPS) is 10.8. The molecule has 1 aromatic carbocycles. The van der Waals surface area contributed by atoms with Crippen molar-refractivity contribution < 1.29 is 4.79 Å². The number of rotatable bonds is 3. The standard InChI is InChI=1S/C14H11BrN4OS/c1-21-12-5-3-2-4-11(12)18-14(20)10-7-17-19-8-9(15)6-16-13(10)19/h2-8H,1H3,(H,18,20). The summed E-state index contributed by atoms with van der Waals surface area (Å²) in [5.41, 5.74) is 1.75. The summed E-state index contributed by atoms with van der Waals surface area (Å²) < 4.78 is 2.37. The first kappa shape index (κ1) is 14.1. The van der Waals surface area contributed by atoms with Crippen LogP contribution in [0.2, 0.25) is 0 Å². The highest BCUT2D eigenvalue weighted by Crippen LogP contribution is 2.25. The molecule has 0 bridgehead atoms. The lowest BCUT2D eigenvalue weighted by Gasteiger charge is -2.08. The van der Waals surface area contributed by atoms with Gasteiger partial charge in [-0.25, -0.2) is 9.50 Å². The Morgan fingerprint density at radius 2 is 2.14 bits per heavy atom. The van der Waals surface area contributed by atoms with Gasteiger partial charge in [-0.15, -0.1) is 11.8 Å². The smallest absolute Gasteiger partial charge is 0.261 e. The van der Waals surface area contributed by atoms with Crippen LogP contribution in [-0.4, -0.2) is 26.8 Å². The molecule has 0 saturated heterocycles. The molecule has 3 aromatic rings. The molecule has 0 aliphatic heterocycles. The van der Waals surface area contributed by atoms with Gasteiger partial charge in [0.15, 0.2) is 5.65 Å². The van der Waals surface area contributed by atoms with Gasteiger partial charge in [-0.2, -0.15) is 5.10 Å². The van der Waals surface area contributed by atoms with E-state index in [0.29, 0.717) is 11.2 Å². The van der Waals surface area contributed by atoms with Gasteiger partial charge in [0.1, 0.15) is 5.56 Å². The SMILES string of the molecule is CSc1ccccc1NC(=O)c1cnn2cc(Br)cnc12. The van der Waals surface area contributed by atoms with E-state index >= 15 is 0 Å². The molecule has 2 heterocycles. The lowest BCUT2D eigenvalue weighted by Crippen LogP contribution is -2.12. The molecule has 7 heteroatoms. The molecule has 106 valence electrons. The minimum absolute atomic E-state index is 0.221. The van der Waals surface area contributed by atoms with E-state index in [2.05, 4.69) is 31.3 Å². The molecule has 1 N–H and O–H groups in total. The number of nitrogens with zero attached hydrogens (tertiary/aromatic N) is 3. The molecule has 0 radical (unpaired) electrons. The average Bonchev–Trinajstić information content (AvgIpc) is 2.90. The zero-order valence-corrected chi connectivity index (χ0v) is 13.5. The van der Waals surface area contributed by atoms with Crippen LogP contribution < -0.4 is 5.32 Å². The van der Waals surface area contributed by atoms with Crippen LogP contribution in [0.15, 0.2) is 52.2 Å². The Hall–Kier alpha value is -1.86. The summed E-state index contributed by atoms with van der Waals surface area (Å²) in [6, 6.07) is 7.67. The third-order valence-electron chi connectivity index (χ3n) is 2.92. The number of hydrogen-bond acceptors (Lipinski definition) is 4. The van der Waals surface area contributed by atoms with E-state index in [0.717, 1.165) is 15.1 Å². The number of aromatic nitrogens is 3. The summed E-state index contributed by atoms with van der Waals surface area (Å²) in [7, 11) is 0. The Balaban J connectivity index is 1.94. The summed E-state index contributed by atoms with van der Waals surface area (Å²) in [5.74, 6) is -0.221. The largest absolute Gasteiger partial charge is 0.321 e. The number of carbonyl (C=O) groups excluding carboxylic acids is 1. The van der Waals surface area contributed by atoms with Crippen molar-refractivity contribution >= 4 is 44.9 Å². The number of hydrogen-bond donors (Lipinski definition) is 1. The van der Waals surface area contributed by atoms with Crippen LogP contribution in [0.5, 0.6) is 0 Å². The lowest BCUT2D eigenvalue weighted by atomic mass is 10.2. The second-order valence-corrected chi connectivity index (χ2v) is 6.02. The monoisotopic (exact) mass is 362 g/mol. The van der Waals surface area contributed by atoms with Crippen LogP contribution >= 0.6 is 27.7 Å². The van der Waals surface area contributed by atoms with Crippen molar-refractivity contribution in [3.05, 3.63) is 52.9 Å². The molecular formula is C14H11BrN4OS. The highest BCUT2D eigenvalue weighted by molar-refractivity contribution is 9.10. The van der Waals surface area contributed by atoms with Gasteiger partial charge in [0, 0.05) is 17.3 Å². The molecular weight excluding hydrogens is 352 g/mol. The van der Waals surface area contributed by atoms with E-state index in [9.17, 15) is 4.79 Å². The summed E-state index contributed by atoms with van der Waals surface area (Å²) >= 11 is 4.91. The molecule has 5 nitrogen and oxygen atoms in total. The highest BCUT2D eigenvalue weighted by Gasteiger charge is 2.15. The zero-order chi connectivity index (χ0) is 14.8. The molecule has 0 atom stereocenters. The second-order valence-electron chi connectivity index (χ2n) is 4.25. The van der Waals surface area contributed by atoms with Crippen LogP contribution in [0.1, 0.15) is 10.4 Å². The third-order valence-corrected chi connectivity index (χ3v) is 4.13. The molecule has 3 rings (SSSR count). The maximum Gasteiger partial charge on any atom is 0.261 e. The predicted octanol–water partition coefficient (Wildman–Crippen LogP) is 3.47. The van der Waals surface area contributed by atoms with Crippen LogP contribution in [0.25, 0.3) is 5.65 Å². The van der Waals surface area contributed by atoms with E-state index in [1.54, 1.807) is 28.7 Å². The molecule has 1 amide bonds. The van der Waals surface area contributed by atoms with E-state index in [4.69, 9.17) is 0 Å². The third kappa shape index (κ3) is 2.79. The maximum atomic E-state index is 12.4. The van der Waals surface area contributed by atoms with Gasteiger partial charge in [-0.05, 0) is 34.3 Å². The number of thioether (sulfide) groups is 1. The predicted molar refractivity (Wildman–Crippen MR) is 86.9 cm³/mol.